The molecule has 3 amide bonds. The molecule has 8 nitrogen and oxygen atoms in total. The number of carbonyl (C=O) groups excluding carboxylic acids is 3. The van der Waals surface area contributed by atoms with Gasteiger partial charge in [-0.15, -0.1) is 0 Å². The van der Waals surface area contributed by atoms with Gasteiger partial charge in [-0.25, -0.2) is 0 Å². The van der Waals surface area contributed by atoms with E-state index in [1.54, 1.807) is 42.5 Å². The van der Waals surface area contributed by atoms with Crippen molar-refractivity contribution in [2.24, 2.45) is 0 Å². The molecule has 2 aliphatic heterocycles. The van der Waals surface area contributed by atoms with Gasteiger partial charge in [0.15, 0.2) is 0 Å². The minimum atomic E-state index is -0.317. The second-order valence-corrected chi connectivity index (χ2v) is 8.66. The van der Waals surface area contributed by atoms with Crippen LogP contribution in [0.3, 0.4) is 0 Å². The summed E-state index contributed by atoms with van der Waals surface area (Å²) in [7, 11) is 1.52. The molecule has 180 valence electrons. The van der Waals surface area contributed by atoms with Gasteiger partial charge in [0.2, 0.25) is 0 Å². The fourth-order valence-corrected chi connectivity index (χ4v) is 4.53. The molecule has 1 saturated heterocycles. The number of likely N-dealkylation sites (N-methyl/N-ethyl adjacent to an activating group) is 1. The summed E-state index contributed by atoms with van der Waals surface area (Å²) in [4.78, 5) is 44.4. The lowest BCUT2D eigenvalue weighted by Gasteiger charge is -2.33. The van der Waals surface area contributed by atoms with Crippen molar-refractivity contribution in [2.75, 3.05) is 52.9 Å². The summed E-state index contributed by atoms with van der Waals surface area (Å²) in [5.41, 5.74) is 1.91. The number of benzene rings is 2. The molecular formula is C26H32N4O4. The number of amides is 3. The predicted octanol–water partition coefficient (Wildman–Crippen LogP) is 2.25. The minimum absolute atomic E-state index is 0.0976. The van der Waals surface area contributed by atoms with Crippen molar-refractivity contribution in [2.45, 2.75) is 19.9 Å². The number of methoxy groups -OCH3 is 1. The second-order valence-electron chi connectivity index (χ2n) is 8.66. The Labute approximate surface area is 200 Å². The van der Waals surface area contributed by atoms with Crippen LogP contribution in [0.15, 0.2) is 42.5 Å². The Balaban J connectivity index is 1.34. The van der Waals surface area contributed by atoms with Crippen LogP contribution in [0.4, 0.5) is 0 Å². The van der Waals surface area contributed by atoms with E-state index >= 15 is 0 Å². The first-order chi connectivity index (χ1) is 16.5. The molecule has 1 fully saturated rings. The lowest BCUT2D eigenvalue weighted by molar-refractivity contribution is 0.0642. The molecule has 0 bridgehead atoms. The molecule has 0 saturated carbocycles. The number of nitrogens with one attached hydrogen (secondary N) is 1. The summed E-state index contributed by atoms with van der Waals surface area (Å²) in [6.07, 6.45) is 0.870. The van der Waals surface area contributed by atoms with Crippen LogP contribution in [0.5, 0.6) is 5.75 Å². The van der Waals surface area contributed by atoms with Crippen LogP contribution in [0.1, 0.15) is 50.0 Å². The number of hydrogen-bond acceptors (Lipinski definition) is 6. The van der Waals surface area contributed by atoms with Crippen molar-refractivity contribution < 1.29 is 19.1 Å². The van der Waals surface area contributed by atoms with E-state index in [4.69, 9.17) is 4.74 Å². The molecule has 4 rings (SSSR count). The second kappa shape index (κ2) is 10.8. The Morgan fingerprint density at radius 1 is 0.971 bits per heavy atom. The van der Waals surface area contributed by atoms with E-state index in [-0.39, 0.29) is 24.3 Å². The molecule has 0 atom stereocenters. The minimum Gasteiger partial charge on any atom is -0.496 e. The van der Waals surface area contributed by atoms with Crippen LogP contribution in [0, 0.1) is 0 Å². The molecule has 0 spiro atoms. The van der Waals surface area contributed by atoms with Gasteiger partial charge in [-0.2, -0.15) is 0 Å². The lowest BCUT2D eigenvalue weighted by Crippen LogP contribution is -2.46. The molecule has 0 aromatic heterocycles. The van der Waals surface area contributed by atoms with E-state index in [0.717, 1.165) is 45.7 Å². The molecular weight excluding hydrogens is 432 g/mol. The molecule has 2 aromatic carbocycles. The zero-order valence-electron chi connectivity index (χ0n) is 19.9. The standard InChI is InChI=1S/C26H32N4O4/c1-3-28-13-15-29(16-14-28)12-6-11-27-24(31)22-17-19(9-10-23(22)34-2)18-30-25(32)20-7-4-5-8-21(20)26(30)33/h4-5,7-10,17H,3,6,11-16,18H2,1-2H3,(H,27,31). The summed E-state index contributed by atoms with van der Waals surface area (Å²) in [6.45, 7) is 9.23. The van der Waals surface area contributed by atoms with E-state index < -0.39 is 0 Å². The zero-order chi connectivity index (χ0) is 24.1. The average molecular weight is 465 g/mol. The Bertz CT molecular complexity index is 1030. The number of rotatable bonds is 9. The summed E-state index contributed by atoms with van der Waals surface area (Å²) < 4.78 is 5.39. The van der Waals surface area contributed by atoms with Gasteiger partial charge in [0.25, 0.3) is 17.7 Å². The number of hydrogen-bond donors (Lipinski definition) is 1. The molecule has 2 aromatic rings. The van der Waals surface area contributed by atoms with E-state index in [9.17, 15) is 14.4 Å². The Hall–Kier alpha value is -3.23. The number of imide groups is 1. The third-order valence-corrected chi connectivity index (χ3v) is 6.58. The average Bonchev–Trinajstić information content (AvgIpc) is 3.11. The Morgan fingerprint density at radius 2 is 1.62 bits per heavy atom. The van der Waals surface area contributed by atoms with Crippen LogP contribution in [0.25, 0.3) is 0 Å². The van der Waals surface area contributed by atoms with Crippen molar-refractivity contribution in [3.8, 4) is 5.75 Å². The highest BCUT2D eigenvalue weighted by molar-refractivity contribution is 6.21. The summed E-state index contributed by atoms with van der Waals surface area (Å²) in [6, 6.07) is 12.0. The third-order valence-electron chi connectivity index (χ3n) is 6.58. The van der Waals surface area contributed by atoms with E-state index in [2.05, 4.69) is 22.0 Å². The number of carbonyl (C=O) groups is 3. The Kier molecular flexibility index (Phi) is 7.59. The van der Waals surface area contributed by atoms with Gasteiger partial charge in [-0.1, -0.05) is 25.1 Å². The van der Waals surface area contributed by atoms with Crippen molar-refractivity contribution in [1.29, 1.82) is 0 Å². The first-order valence-corrected chi connectivity index (χ1v) is 11.9. The van der Waals surface area contributed by atoms with E-state index in [1.807, 2.05) is 0 Å². The third kappa shape index (κ3) is 5.13. The van der Waals surface area contributed by atoms with Crippen LogP contribution in [0.2, 0.25) is 0 Å². The van der Waals surface area contributed by atoms with Gasteiger partial charge in [0.05, 0.1) is 30.3 Å². The molecule has 1 N–H and O–H groups in total. The molecule has 8 heteroatoms. The SMILES string of the molecule is CCN1CCN(CCCNC(=O)c2cc(CN3C(=O)c4ccccc4C3=O)ccc2OC)CC1. The first-order valence-electron chi connectivity index (χ1n) is 11.9. The normalized spacial score (nSPS) is 16.6. The van der Waals surface area contributed by atoms with Crippen LogP contribution < -0.4 is 10.1 Å². The largest absolute Gasteiger partial charge is 0.496 e. The maximum atomic E-state index is 12.9. The van der Waals surface area contributed by atoms with Crippen LogP contribution >= 0.6 is 0 Å². The molecule has 0 unspecified atom stereocenters. The molecule has 2 aliphatic rings. The predicted molar refractivity (Wildman–Crippen MR) is 129 cm³/mol. The van der Waals surface area contributed by atoms with Gasteiger partial charge in [-0.05, 0) is 49.3 Å². The van der Waals surface area contributed by atoms with Gasteiger partial charge in [-0.3, -0.25) is 19.3 Å². The van der Waals surface area contributed by atoms with Crippen LogP contribution in [-0.4, -0.2) is 85.3 Å². The van der Waals surface area contributed by atoms with E-state index in [1.165, 1.54) is 12.0 Å². The van der Waals surface area contributed by atoms with Gasteiger partial charge >= 0.3 is 0 Å². The number of piperazine rings is 1. The summed E-state index contributed by atoms with van der Waals surface area (Å²) >= 11 is 0. The zero-order valence-corrected chi connectivity index (χ0v) is 19.9. The summed E-state index contributed by atoms with van der Waals surface area (Å²) in [5, 5.41) is 2.98. The topological polar surface area (TPSA) is 82.2 Å². The van der Waals surface area contributed by atoms with Gasteiger partial charge < -0.3 is 19.9 Å². The highest BCUT2D eigenvalue weighted by Crippen LogP contribution is 2.26. The molecule has 0 aliphatic carbocycles. The maximum Gasteiger partial charge on any atom is 0.261 e. The number of fused-ring (bicyclic) bond motifs is 1. The maximum absolute atomic E-state index is 12.9. The number of ether oxygens (including phenoxy) is 1. The smallest absolute Gasteiger partial charge is 0.261 e. The monoisotopic (exact) mass is 464 g/mol. The first kappa shape index (κ1) is 23.9. The number of nitrogens with zero attached hydrogens (tertiary/aromatic N) is 3. The van der Waals surface area contributed by atoms with Crippen molar-refractivity contribution in [3.05, 3.63) is 64.7 Å². The highest BCUT2D eigenvalue weighted by Gasteiger charge is 2.35. The van der Waals surface area contributed by atoms with Crippen LogP contribution in [-0.2, 0) is 6.54 Å². The Morgan fingerprint density at radius 3 is 2.24 bits per heavy atom. The fourth-order valence-electron chi connectivity index (χ4n) is 4.53. The summed E-state index contributed by atoms with van der Waals surface area (Å²) in [5.74, 6) is -0.402. The lowest BCUT2D eigenvalue weighted by atomic mass is 10.1. The molecule has 0 radical (unpaired) electrons. The molecule has 2 heterocycles. The quantitative estimate of drug-likeness (QED) is 0.453. The van der Waals surface area contributed by atoms with Gasteiger partial charge in [0.1, 0.15) is 5.75 Å². The van der Waals surface area contributed by atoms with Crippen molar-refractivity contribution >= 4 is 17.7 Å². The van der Waals surface area contributed by atoms with Crippen molar-refractivity contribution in [3.63, 3.8) is 0 Å². The fraction of sp³-hybridized carbons (Fsp3) is 0.423. The highest BCUT2D eigenvalue weighted by atomic mass is 16.5. The van der Waals surface area contributed by atoms with E-state index in [0.29, 0.717) is 34.5 Å². The van der Waals surface area contributed by atoms with Crippen molar-refractivity contribution in [1.82, 2.24) is 20.0 Å². The van der Waals surface area contributed by atoms with Gasteiger partial charge in [0, 0.05) is 32.7 Å². The molecule has 34 heavy (non-hydrogen) atoms.